The highest BCUT2D eigenvalue weighted by atomic mass is 19.1. The summed E-state index contributed by atoms with van der Waals surface area (Å²) < 4.78 is 13.4. The Labute approximate surface area is 121 Å². The molecule has 1 aromatic carbocycles. The third kappa shape index (κ3) is 2.49. The maximum Gasteiger partial charge on any atom is 0.226 e. The van der Waals surface area contributed by atoms with Crippen LogP contribution in [-0.2, 0) is 0 Å². The average molecular weight is 286 g/mol. The van der Waals surface area contributed by atoms with Gasteiger partial charge >= 0.3 is 0 Å². The summed E-state index contributed by atoms with van der Waals surface area (Å²) in [7, 11) is 1.83. The lowest BCUT2D eigenvalue weighted by molar-refractivity contribution is 0.628. The molecule has 3 aromatic rings. The van der Waals surface area contributed by atoms with Crippen LogP contribution in [0, 0.1) is 5.82 Å². The van der Waals surface area contributed by atoms with E-state index in [9.17, 15) is 4.39 Å². The lowest BCUT2D eigenvalue weighted by atomic mass is 10.2. The number of H-pyrrole nitrogens is 1. The number of hydrogen-bond donors (Lipinski definition) is 2. The van der Waals surface area contributed by atoms with Crippen LogP contribution in [0.5, 0.6) is 0 Å². The Balaban J connectivity index is 2.11. The second kappa shape index (κ2) is 5.35. The summed E-state index contributed by atoms with van der Waals surface area (Å²) in [5.41, 5.74) is 1.35. The van der Waals surface area contributed by atoms with Gasteiger partial charge in [-0.15, -0.1) is 0 Å². The summed E-state index contributed by atoms with van der Waals surface area (Å²) in [6.45, 7) is 2.68. The Bertz CT molecular complexity index is 769. The summed E-state index contributed by atoms with van der Waals surface area (Å²) in [6.07, 6.45) is 1.66. The molecule has 0 unspecified atom stereocenters. The fraction of sp³-hybridized carbons (Fsp3) is 0.214. The number of nitrogens with one attached hydrogen (secondary N) is 2. The number of rotatable bonds is 4. The van der Waals surface area contributed by atoms with Crippen molar-refractivity contribution in [1.29, 1.82) is 0 Å². The standard InChI is InChI=1S/C14H15FN6/c1-3-16-14-18-12-11(8-17-20-12)13(19-14)21(2)10-6-4-5-9(15)7-10/h4-8H,3H2,1-2H3,(H2,16,17,18,19,20). The smallest absolute Gasteiger partial charge is 0.226 e. The molecule has 0 aliphatic heterocycles. The molecule has 0 amide bonds. The number of fused-ring (bicyclic) bond motifs is 1. The average Bonchev–Trinajstić information content (AvgIpc) is 2.94. The van der Waals surface area contributed by atoms with Crippen molar-refractivity contribution < 1.29 is 4.39 Å². The van der Waals surface area contributed by atoms with E-state index in [0.29, 0.717) is 29.6 Å². The Hall–Kier alpha value is -2.70. The molecule has 0 bridgehead atoms. The Morgan fingerprint density at radius 1 is 1.33 bits per heavy atom. The minimum absolute atomic E-state index is 0.288. The van der Waals surface area contributed by atoms with Crippen molar-refractivity contribution >= 4 is 28.5 Å². The molecule has 0 aliphatic carbocycles. The van der Waals surface area contributed by atoms with Gasteiger partial charge in [-0.25, -0.2) is 4.39 Å². The number of benzene rings is 1. The van der Waals surface area contributed by atoms with Crippen molar-refractivity contribution in [2.75, 3.05) is 23.8 Å². The molecule has 0 atom stereocenters. The summed E-state index contributed by atoms with van der Waals surface area (Å²) in [5, 5.41) is 10.7. The minimum atomic E-state index is -0.288. The van der Waals surface area contributed by atoms with Gasteiger partial charge in [0, 0.05) is 19.3 Å². The zero-order valence-electron chi connectivity index (χ0n) is 11.8. The normalized spacial score (nSPS) is 10.8. The largest absolute Gasteiger partial charge is 0.354 e. The van der Waals surface area contributed by atoms with Gasteiger partial charge < -0.3 is 10.2 Å². The van der Waals surface area contributed by atoms with Crippen LogP contribution in [0.25, 0.3) is 11.0 Å². The molecule has 0 saturated carbocycles. The third-order valence-corrected chi connectivity index (χ3v) is 3.14. The van der Waals surface area contributed by atoms with Gasteiger partial charge in [0.25, 0.3) is 0 Å². The zero-order valence-corrected chi connectivity index (χ0v) is 11.8. The first-order valence-electron chi connectivity index (χ1n) is 6.63. The maximum atomic E-state index is 13.4. The second-order valence-corrected chi connectivity index (χ2v) is 4.57. The fourth-order valence-electron chi connectivity index (χ4n) is 2.12. The highest BCUT2D eigenvalue weighted by Gasteiger charge is 2.14. The first-order valence-corrected chi connectivity index (χ1v) is 6.63. The number of nitrogens with zero attached hydrogens (tertiary/aromatic N) is 4. The van der Waals surface area contributed by atoms with Gasteiger partial charge in [0.1, 0.15) is 11.6 Å². The van der Waals surface area contributed by atoms with E-state index in [-0.39, 0.29) is 5.82 Å². The summed E-state index contributed by atoms with van der Waals surface area (Å²) in [4.78, 5) is 10.6. The number of aromatic nitrogens is 4. The van der Waals surface area contributed by atoms with E-state index in [0.717, 1.165) is 5.39 Å². The van der Waals surface area contributed by atoms with Crippen molar-refractivity contribution in [2.45, 2.75) is 6.92 Å². The molecule has 3 rings (SSSR count). The van der Waals surface area contributed by atoms with E-state index in [1.807, 2.05) is 24.9 Å². The van der Waals surface area contributed by atoms with E-state index in [1.165, 1.54) is 12.1 Å². The second-order valence-electron chi connectivity index (χ2n) is 4.57. The molecule has 0 fully saturated rings. The van der Waals surface area contributed by atoms with Gasteiger partial charge in [0.2, 0.25) is 5.95 Å². The molecule has 2 aromatic heterocycles. The van der Waals surface area contributed by atoms with Gasteiger partial charge in [0.15, 0.2) is 5.65 Å². The van der Waals surface area contributed by atoms with E-state index in [1.54, 1.807) is 12.3 Å². The van der Waals surface area contributed by atoms with Crippen molar-refractivity contribution in [1.82, 2.24) is 20.2 Å². The lowest BCUT2D eigenvalue weighted by Crippen LogP contribution is -2.14. The Morgan fingerprint density at radius 2 is 2.19 bits per heavy atom. The van der Waals surface area contributed by atoms with Crippen LogP contribution >= 0.6 is 0 Å². The Kier molecular flexibility index (Phi) is 3.39. The molecule has 2 heterocycles. The quantitative estimate of drug-likeness (QED) is 0.771. The minimum Gasteiger partial charge on any atom is -0.354 e. The van der Waals surface area contributed by atoms with E-state index >= 15 is 0 Å². The monoisotopic (exact) mass is 286 g/mol. The van der Waals surface area contributed by atoms with Crippen LogP contribution in [0.1, 0.15) is 6.92 Å². The molecule has 108 valence electrons. The van der Waals surface area contributed by atoms with Gasteiger partial charge in [-0.05, 0) is 25.1 Å². The van der Waals surface area contributed by atoms with Gasteiger partial charge in [0.05, 0.1) is 11.6 Å². The van der Waals surface area contributed by atoms with E-state index in [4.69, 9.17) is 0 Å². The lowest BCUT2D eigenvalue weighted by Gasteiger charge is -2.19. The van der Waals surface area contributed by atoms with Crippen molar-refractivity contribution in [2.24, 2.45) is 0 Å². The van der Waals surface area contributed by atoms with Crippen LogP contribution in [0.2, 0.25) is 0 Å². The SMILES string of the molecule is CCNc1nc(N(C)c2cccc(F)c2)c2cn[nH]c2n1. The first-order chi connectivity index (χ1) is 10.2. The molecule has 7 heteroatoms. The summed E-state index contributed by atoms with van der Waals surface area (Å²) in [6, 6.07) is 6.36. The predicted octanol–water partition coefficient (Wildman–Crippen LogP) is 2.69. The zero-order chi connectivity index (χ0) is 14.8. The van der Waals surface area contributed by atoms with Crippen LogP contribution < -0.4 is 10.2 Å². The van der Waals surface area contributed by atoms with Crippen LogP contribution in [-0.4, -0.2) is 33.8 Å². The van der Waals surface area contributed by atoms with Crippen molar-refractivity contribution in [3.63, 3.8) is 0 Å². The number of anilines is 3. The fourth-order valence-corrected chi connectivity index (χ4v) is 2.12. The van der Waals surface area contributed by atoms with E-state index in [2.05, 4.69) is 25.5 Å². The van der Waals surface area contributed by atoms with E-state index < -0.39 is 0 Å². The topological polar surface area (TPSA) is 69.7 Å². The van der Waals surface area contributed by atoms with Crippen LogP contribution in [0.15, 0.2) is 30.5 Å². The predicted molar refractivity (Wildman–Crippen MR) is 80.3 cm³/mol. The molecule has 0 aliphatic rings. The van der Waals surface area contributed by atoms with Gasteiger partial charge in [-0.1, -0.05) is 6.07 Å². The van der Waals surface area contributed by atoms with Gasteiger partial charge in [-0.3, -0.25) is 5.10 Å². The van der Waals surface area contributed by atoms with Crippen molar-refractivity contribution in [3.05, 3.63) is 36.3 Å². The molecular weight excluding hydrogens is 271 g/mol. The van der Waals surface area contributed by atoms with Gasteiger partial charge in [-0.2, -0.15) is 15.1 Å². The number of hydrogen-bond acceptors (Lipinski definition) is 5. The highest BCUT2D eigenvalue weighted by molar-refractivity contribution is 5.89. The maximum absolute atomic E-state index is 13.4. The molecule has 6 nitrogen and oxygen atoms in total. The Morgan fingerprint density at radius 3 is 2.95 bits per heavy atom. The number of aromatic amines is 1. The molecule has 0 spiro atoms. The molecular formula is C14H15FN6. The van der Waals surface area contributed by atoms with Crippen molar-refractivity contribution in [3.8, 4) is 0 Å². The molecule has 2 N–H and O–H groups in total. The summed E-state index contributed by atoms with van der Waals surface area (Å²) >= 11 is 0. The summed E-state index contributed by atoms with van der Waals surface area (Å²) in [5.74, 6) is 0.881. The number of halogens is 1. The molecule has 21 heavy (non-hydrogen) atoms. The first kappa shape index (κ1) is 13.3. The van der Waals surface area contributed by atoms with Crippen LogP contribution in [0.3, 0.4) is 0 Å². The molecule has 0 saturated heterocycles. The van der Waals surface area contributed by atoms with Crippen LogP contribution in [0.4, 0.5) is 21.8 Å². The molecule has 0 radical (unpaired) electrons. The third-order valence-electron chi connectivity index (χ3n) is 3.14. The highest BCUT2D eigenvalue weighted by Crippen LogP contribution is 2.29.